The van der Waals surface area contributed by atoms with Gasteiger partial charge >= 0.3 is 0 Å². The van der Waals surface area contributed by atoms with Crippen molar-refractivity contribution < 1.29 is 4.79 Å². The zero-order chi connectivity index (χ0) is 16.0. The molecule has 0 spiro atoms. The minimum Gasteiger partial charge on any atom is -0.293 e. The van der Waals surface area contributed by atoms with E-state index < -0.39 is 5.41 Å². The Morgan fingerprint density at radius 1 is 0.955 bits per heavy atom. The van der Waals surface area contributed by atoms with Crippen molar-refractivity contribution in [3.63, 3.8) is 0 Å². The molecule has 1 heteroatoms. The Bertz CT molecular complexity index is 703. The largest absolute Gasteiger partial charge is 0.293 e. The fourth-order valence-corrected chi connectivity index (χ4v) is 3.37. The lowest BCUT2D eigenvalue weighted by molar-refractivity contribution is 0.0875. The standard InChI is InChI=1S/C21H24O/c1-20(2,3)16-9-11-17(12-10-16)21(4)14-13-15-7-5-6-8-18(15)19(21)22/h5-12H,13-14H2,1-4H3. The molecule has 0 saturated heterocycles. The van der Waals surface area contributed by atoms with E-state index in [-0.39, 0.29) is 11.2 Å². The highest BCUT2D eigenvalue weighted by atomic mass is 16.1. The number of aryl methyl sites for hydroxylation is 1. The van der Waals surface area contributed by atoms with E-state index in [1.165, 1.54) is 11.1 Å². The van der Waals surface area contributed by atoms with Crippen LogP contribution in [0, 0.1) is 0 Å². The van der Waals surface area contributed by atoms with Crippen molar-refractivity contribution >= 4 is 5.78 Å². The van der Waals surface area contributed by atoms with Crippen LogP contribution in [0.2, 0.25) is 0 Å². The smallest absolute Gasteiger partial charge is 0.173 e. The van der Waals surface area contributed by atoms with Crippen LogP contribution in [-0.2, 0) is 17.3 Å². The molecule has 1 unspecified atom stereocenters. The van der Waals surface area contributed by atoms with Gasteiger partial charge in [0.25, 0.3) is 0 Å². The highest BCUT2D eigenvalue weighted by Gasteiger charge is 2.39. The van der Waals surface area contributed by atoms with Gasteiger partial charge in [-0.15, -0.1) is 0 Å². The first kappa shape index (κ1) is 15.0. The summed E-state index contributed by atoms with van der Waals surface area (Å²) in [4.78, 5) is 13.0. The van der Waals surface area contributed by atoms with Gasteiger partial charge in [-0.05, 0) is 41.9 Å². The lowest BCUT2D eigenvalue weighted by atomic mass is 9.67. The molecule has 0 N–H and O–H groups in total. The molecule has 2 aromatic rings. The van der Waals surface area contributed by atoms with E-state index in [2.05, 4.69) is 58.0 Å². The van der Waals surface area contributed by atoms with E-state index in [1.54, 1.807) is 0 Å². The molecular weight excluding hydrogens is 268 g/mol. The summed E-state index contributed by atoms with van der Waals surface area (Å²) >= 11 is 0. The number of fused-ring (bicyclic) bond motifs is 1. The fourth-order valence-electron chi connectivity index (χ4n) is 3.37. The van der Waals surface area contributed by atoms with Crippen LogP contribution in [0.15, 0.2) is 48.5 Å². The molecule has 2 aromatic carbocycles. The minimum absolute atomic E-state index is 0.141. The summed E-state index contributed by atoms with van der Waals surface area (Å²) in [7, 11) is 0. The van der Waals surface area contributed by atoms with Gasteiger partial charge in [-0.25, -0.2) is 0 Å². The minimum atomic E-state index is -0.398. The van der Waals surface area contributed by atoms with E-state index >= 15 is 0 Å². The SMILES string of the molecule is CC(C)(C)c1ccc(C2(C)CCc3ccccc3C2=O)cc1. The van der Waals surface area contributed by atoms with E-state index in [0.29, 0.717) is 0 Å². The van der Waals surface area contributed by atoms with Gasteiger partial charge in [0.15, 0.2) is 5.78 Å². The maximum absolute atomic E-state index is 13.0. The molecule has 0 aliphatic heterocycles. The third-order valence-electron chi connectivity index (χ3n) is 5.05. The predicted molar refractivity (Wildman–Crippen MR) is 91.6 cm³/mol. The molecule has 1 nitrogen and oxygen atoms in total. The molecule has 0 fully saturated rings. The number of carbonyl (C=O) groups excluding carboxylic acids is 1. The Morgan fingerprint density at radius 3 is 2.23 bits per heavy atom. The van der Waals surface area contributed by atoms with Crippen LogP contribution in [0.4, 0.5) is 0 Å². The van der Waals surface area contributed by atoms with Gasteiger partial charge in [-0.3, -0.25) is 4.79 Å². The number of hydrogen-bond acceptors (Lipinski definition) is 1. The Morgan fingerprint density at radius 2 is 1.59 bits per heavy atom. The van der Waals surface area contributed by atoms with Gasteiger partial charge < -0.3 is 0 Å². The summed E-state index contributed by atoms with van der Waals surface area (Å²) in [5.74, 6) is 0.262. The summed E-state index contributed by atoms with van der Waals surface area (Å²) in [5.41, 5.74) is 4.28. The number of rotatable bonds is 1. The normalized spacial score (nSPS) is 21.5. The van der Waals surface area contributed by atoms with Crippen molar-refractivity contribution in [2.45, 2.75) is 51.4 Å². The molecule has 1 aliphatic rings. The number of hydrogen-bond donors (Lipinski definition) is 0. The molecule has 3 rings (SSSR count). The summed E-state index contributed by atoms with van der Waals surface area (Å²) in [6.07, 6.45) is 1.86. The maximum Gasteiger partial charge on any atom is 0.173 e. The van der Waals surface area contributed by atoms with E-state index in [9.17, 15) is 4.79 Å². The highest BCUT2D eigenvalue weighted by Crippen LogP contribution is 2.38. The lowest BCUT2D eigenvalue weighted by Crippen LogP contribution is -2.37. The Balaban J connectivity index is 2.00. The second-order valence-electron chi connectivity index (χ2n) is 7.65. The third-order valence-corrected chi connectivity index (χ3v) is 5.05. The van der Waals surface area contributed by atoms with Crippen molar-refractivity contribution in [1.82, 2.24) is 0 Å². The van der Waals surface area contributed by atoms with Crippen LogP contribution in [0.1, 0.15) is 61.2 Å². The number of benzene rings is 2. The van der Waals surface area contributed by atoms with Crippen LogP contribution in [0.5, 0.6) is 0 Å². The Kier molecular flexibility index (Phi) is 3.47. The van der Waals surface area contributed by atoms with Crippen molar-refractivity contribution in [1.29, 1.82) is 0 Å². The Labute approximate surface area is 133 Å². The zero-order valence-electron chi connectivity index (χ0n) is 13.9. The summed E-state index contributed by atoms with van der Waals surface area (Å²) in [6, 6.07) is 16.7. The molecule has 114 valence electrons. The average Bonchev–Trinajstić information content (AvgIpc) is 2.51. The molecule has 1 aliphatic carbocycles. The molecule has 0 saturated carbocycles. The van der Waals surface area contributed by atoms with Crippen LogP contribution < -0.4 is 0 Å². The quantitative estimate of drug-likeness (QED) is 0.717. The van der Waals surface area contributed by atoms with E-state index in [1.807, 2.05) is 18.2 Å². The number of ketones is 1. The number of Topliss-reactive ketones (excluding diaryl/α,β-unsaturated/α-hetero) is 1. The third kappa shape index (κ3) is 2.39. The molecule has 0 heterocycles. The second kappa shape index (κ2) is 5.08. The first-order valence-corrected chi connectivity index (χ1v) is 8.06. The topological polar surface area (TPSA) is 17.1 Å². The van der Waals surface area contributed by atoms with Crippen LogP contribution in [0.3, 0.4) is 0 Å². The first-order chi connectivity index (χ1) is 10.3. The summed E-state index contributed by atoms with van der Waals surface area (Å²) in [6.45, 7) is 8.74. The highest BCUT2D eigenvalue weighted by molar-refractivity contribution is 6.06. The zero-order valence-corrected chi connectivity index (χ0v) is 13.9. The van der Waals surface area contributed by atoms with Crippen molar-refractivity contribution in [3.05, 3.63) is 70.8 Å². The molecule has 0 bridgehead atoms. The van der Waals surface area contributed by atoms with Crippen molar-refractivity contribution in [3.8, 4) is 0 Å². The maximum atomic E-state index is 13.0. The van der Waals surface area contributed by atoms with Crippen molar-refractivity contribution in [2.24, 2.45) is 0 Å². The Hall–Kier alpha value is -1.89. The van der Waals surface area contributed by atoms with Gasteiger partial charge in [0.2, 0.25) is 0 Å². The molecule has 0 radical (unpaired) electrons. The molecule has 1 atom stereocenters. The summed E-state index contributed by atoms with van der Waals surface area (Å²) < 4.78 is 0. The van der Waals surface area contributed by atoms with Crippen molar-refractivity contribution in [2.75, 3.05) is 0 Å². The van der Waals surface area contributed by atoms with Crippen LogP contribution >= 0.6 is 0 Å². The molecule has 0 amide bonds. The fraction of sp³-hybridized carbons (Fsp3) is 0.381. The summed E-state index contributed by atoms with van der Waals surface area (Å²) in [5, 5.41) is 0. The molecule has 22 heavy (non-hydrogen) atoms. The monoisotopic (exact) mass is 292 g/mol. The van der Waals surface area contributed by atoms with Gasteiger partial charge in [0.05, 0.1) is 5.41 Å². The predicted octanol–water partition coefficient (Wildman–Crippen LogP) is 5.07. The first-order valence-electron chi connectivity index (χ1n) is 8.06. The lowest BCUT2D eigenvalue weighted by Gasteiger charge is -2.34. The second-order valence-corrected chi connectivity index (χ2v) is 7.65. The molecular formula is C21H24O. The average molecular weight is 292 g/mol. The molecule has 0 aromatic heterocycles. The van der Waals surface area contributed by atoms with Gasteiger partial charge in [0.1, 0.15) is 0 Å². The van der Waals surface area contributed by atoms with Gasteiger partial charge in [-0.1, -0.05) is 69.3 Å². The van der Waals surface area contributed by atoms with E-state index in [4.69, 9.17) is 0 Å². The van der Waals surface area contributed by atoms with Crippen LogP contribution in [0.25, 0.3) is 0 Å². The number of carbonyl (C=O) groups is 1. The van der Waals surface area contributed by atoms with Crippen LogP contribution in [-0.4, -0.2) is 5.78 Å². The van der Waals surface area contributed by atoms with Gasteiger partial charge in [0, 0.05) is 5.56 Å². The van der Waals surface area contributed by atoms with E-state index in [0.717, 1.165) is 24.0 Å². The van der Waals surface area contributed by atoms with Gasteiger partial charge in [-0.2, -0.15) is 0 Å².